The van der Waals surface area contributed by atoms with Crippen molar-refractivity contribution in [2.75, 3.05) is 0 Å². The van der Waals surface area contributed by atoms with Gasteiger partial charge in [-0.1, -0.05) is 66.5 Å². The molecule has 1 fully saturated rings. The van der Waals surface area contributed by atoms with Gasteiger partial charge in [-0.2, -0.15) is 0 Å². The monoisotopic (exact) mass is 377 g/mol. The molecule has 0 saturated heterocycles. The number of aromatic hydroxyl groups is 1. The number of phenolic OH excluding ortho intramolecular Hbond substituents is 1. The molecule has 3 unspecified atom stereocenters. The van der Waals surface area contributed by atoms with Crippen molar-refractivity contribution in [2.45, 2.75) is 109 Å². The van der Waals surface area contributed by atoms with E-state index in [2.05, 4.69) is 59.0 Å². The van der Waals surface area contributed by atoms with E-state index in [0.717, 1.165) is 48.8 Å². The fraction of sp³-hybridized carbons (Fsp3) is 0.739. The Morgan fingerprint density at radius 3 is 2.00 bits per heavy atom. The lowest BCUT2D eigenvalue weighted by atomic mass is 9.78. The normalized spacial score (nSPS) is 22.7. The van der Waals surface area contributed by atoms with Crippen molar-refractivity contribution in [1.29, 1.82) is 0 Å². The Bertz CT molecular complexity index is 592. The molecule has 4 nitrogen and oxygen atoms in total. The van der Waals surface area contributed by atoms with Crippen LogP contribution in [0.4, 0.5) is 0 Å². The Morgan fingerprint density at radius 1 is 1.00 bits per heavy atom. The first-order chi connectivity index (χ1) is 12.4. The molecule has 27 heavy (non-hydrogen) atoms. The molecule has 0 aliphatic heterocycles. The second-order valence-electron chi connectivity index (χ2n) is 10.2. The minimum absolute atomic E-state index is 0.0103. The molecular weight excluding hydrogens is 338 g/mol. The van der Waals surface area contributed by atoms with Gasteiger partial charge >= 0.3 is 0 Å². The maximum atomic E-state index is 10.8. The molecule has 1 saturated carbocycles. The van der Waals surface area contributed by atoms with Gasteiger partial charge in [0.2, 0.25) is 0 Å². The first-order valence-corrected chi connectivity index (χ1v) is 10.4. The molecule has 2 rings (SSSR count). The lowest BCUT2D eigenvalue weighted by Crippen LogP contribution is -2.47. The quantitative estimate of drug-likeness (QED) is 0.582. The van der Waals surface area contributed by atoms with Gasteiger partial charge in [-0.15, -0.1) is 0 Å². The Kier molecular flexibility index (Phi) is 6.99. The van der Waals surface area contributed by atoms with Gasteiger partial charge in [-0.3, -0.25) is 5.32 Å². The first-order valence-electron chi connectivity index (χ1n) is 10.4. The van der Waals surface area contributed by atoms with E-state index in [-0.39, 0.29) is 23.0 Å². The van der Waals surface area contributed by atoms with Gasteiger partial charge in [0.15, 0.2) is 0 Å². The topological polar surface area (TPSA) is 72.7 Å². The summed E-state index contributed by atoms with van der Waals surface area (Å²) in [5, 5.41) is 34.5. The molecule has 1 aromatic carbocycles. The molecule has 1 aromatic rings. The Balaban J connectivity index is 2.13. The van der Waals surface area contributed by atoms with Gasteiger partial charge in [0, 0.05) is 6.04 Å². The van der Waals surface area contributed by atoms with Gasteiger partial charge in [-0.25, -0.2) is 0 Å². The largest absolute Gasteiger partial charge is 0.507 e. The van der Waals surface area contributed by atoms with E-state index in [1.165, 1.54) is 0 Å². The summed E-state index contributed by atoms with van der Waals surface area (Å²) in [7, 11) is 0. The van der Waals surface area contributed by atoms with Crippen LogP contribution in [0.25, 0.3) is 0 Å². The van der Waals surface area contributed by atoms with E-state index < -0.39 is 6.23 Å². The zero-order chi connectivity index (χ0) is 20.4. The molecule has 4 heteroatoms. The molecule has 154 valence electrons. The van der Waals surface area contributed by atoms with Crippen LogP contribution in [0, 0.1) is 0 Å². The maximum absolute atomic E-state index is 10.8. The van der Waals surface area contributed by atoms with Crippen LogP contribution in [0.3, 0.4) is 0 Å². The highest BCUT2D eigenvalue weighted by Gasteiger charge is 2.27. The average molecular weight is 378 g/mol. The third-order valence-electron chi connectivity index (χ3n) is 5.63. The molecule has 3 atom stereocenters. The molecule has 0 amide bonds. The van der Waals surface area contributed by atoms with Crippen LogP contribution in [0.5, 0.6) is 5.75 Å². The van der Waals surface area contributed by atoms with Gasteiger partial charge in [0.1, 0.15) is 12.0 Å². The second kappa shape index (κ2) is 8.50. The summed E-state index contributed by atoms with van der Waals surface area (Å²) in [6, 6.07) is 4.14. The van der Waals surface area contributed by atoms with Crippen LogP contribution in [0.2, 0.25) is 0 Å². The van der Waals surface area contributed by atoms with Crippen molar-refractivity contribution >= 4 is 0 Å². The number of rotatable bonds is 5. The third-order valence-corrected chi connectivity index (χ3v) is 5.63. The standard InChI is InChI=1S/C23H39NO3/c1-22(2,3)16-13-15(14-17(21(16)27)23(4,5)6)11-12-20(26)24-18-9-7-8-10-19(18)25/h13-14,18-20,24-27H,7-12H2,1-6H3. The average Bonchev–Trinajstić information content (AvgIpc) is 2.54. The summed E-state index contributed by atoms with van der Waals surface area (Å²) in [6.07, 6.45) is 4.21. The molecular formula is C23H39NO3. The van der Waals surface area contributed by atoms with Crippen molar-refractivity contribution in [1.82, 2.24) is 5.32 Å². The summed E-state index contributed by atoms with van der Waals surface area (Å²) in [6.45, 7) is 12.7. The third kappa shape index (κ3) is 5.94. The number of phenols is 1. The highest BCUT2D eigenvalue weighted by atomic mass is 16.3. The van der Waals surface area contributed by atoms with Crippen LogP contribution in [0.1, 0.15) is 90.3 Å². The van der Waals surface area contributed by atoms with E-state index in [1.54, 1.807) is 0 Å². The van der Waals surface area contributed by atoms with Crippen LogP contribution in [-0.2, 0) is 17.3 Å². The van der Waals surface area contributed by atoms with Crippen molar-refractivity contribution in [3.8, 4) is 5.75 Å². The summed E-state index contributed by atoms with van der Waals surface area (Å²) in [5.41, 5.74) is 2.74. The number of hydrogen-bond acceptors (Lipinski definition) is 4. The zero-order valence-corrected chi connectivity index (χ0v) is 18.0. The minimum Gasteiger partial charge on any atom is -0.507 e. The molecule has 0 bridgehead atoms. The number of benzene rings is 1. The molecule has 0 aromatic heterocycles. The van der Waals surface area contributed by atoms with Crippen LogP contribution in [-0.4, -0.2) is 33.7 Å². The van der Waals surface area contributed by atoms with Crippen molar-refractivity contribution in [2.24, 2.45) is 0 Å². The van der Waals surface area contributed by atoms with Crippen molar-refractivity contribution in [3.05, 3.63) is 28.8 Å². The number of aryl methyl sites for hydroxylation is 1. The predicted molar refractivity (Wildman–Crippen MR) is 111 cm³/mol. The van der Waals surface area contributed by atoms with Gasteiger partial charge in [-0.05, 0) is 53.2 Å². The minimum atomic E-state index is -0.632. The van der Waals surface area contributed by atoms with Crippen molar-refractivity contribution in [3.63, 3.8) is 0 Å². The van der Waals surface area contributed by atoms with Gasteiger partial charge in [0.25, 0.3) is 0 Å². The molecule has 4 N–H and O–H groups in total. The Labute approximate surface area is 165 Å². The summed E-state index contributed by atoms with van der Waals surface area (Å²) >= 11 is 0. The lowest BCUT2D eigenvalue weighted by Gasteiger charge is -2.31. The number of aliphatic hydroxyl groups excluding tert-OH is 2. The van der Waals surface area contributed by atoms with Gasteiger partial charge < -0.3 is 15.3 Å². The van der Waals surface area contributed by atoms with E-state index in [0.29, 0.717) is 12.2 Å². The van der Waals surface area contributed by atoms with E-state index in [9.17, 15) is 15.3 Å². The number of nitrogens with one attached hydrogen (secondary N) is 1. The molecule has 0 spiro atoms. The van der Waals surface area contributed by atoms with Crippen LogP contribution >= 0.6 is 0 Å². The van der Waals surface area contributed by atoms with E-state index in [1.807, 2.05) is 0 Å². The van der Waals surface area contributed by atoms with Crippen LogP contribution in [0.15, 0.2) is 12.1 Å². The fourth-order valence-corrected chi connectivity index (χ4v) is 3.92. The first kappa shape index (κ1) is 22.2. The fourth-order valence-electron chi connectivity index (χ4n) is 3.92. The SMILES string of the molecule is CC(C)(C)c1cc(CCC(O)NC2CCCCC2O)cc(C(C)(C)C)c1O. The molecule has 0 heterocycles. The lowest BCUT2D eigenvalue weighted by molar-refractivity contribution is 0.0403. The Morgan fingerprint density at radius 2 is 1.52 bits per heavy atom. The second-order valence-corrected chi connectivity index (χ2v) is 10.2. The molecule has 0 radical (unpaired) electrons. The summed E-state index contributed by atoms with van der Waals surface area (Å²) in [4.78, 5) is 0. The smallest absolute Gasteiger partial charge is 0.123 e. The molecule has 1 aliphatic carbocycles. The van der Waals surface area contributed by atoms with E-state index in [4.69, 9.17) is 0 Å². The summed E-state index contributed by atoms with van der Waals surface area (Å²) < 4.78 is 0. The van der Waals surface area contributed by atoms with Crippen molar-refractivity contribution < 1.29 is 15.3 Å². The molecule has 1 aliphatic rings. The Hall–Kier alpha value is -1.10. The highest BCUT2D eigenvalue weighted by Crippen LogP contribution is 2.40. The van der Waals surface area contributed by atoms with Gasteiger partial charge in [0.05, 0.1) is 6.10 Å². The maximum Gasteiger partial charge on any atom is 0.123 e. The predicted octanol–water partition coefficient (Wildman–Crippen LogP) is 4.13. The summed E-state index contributed by atoms with van der Waals surface area (Å²) in [5.74, 6) is 0.391. The highest BCUT2D eigenvalue weighted by molar-refractivity contribution is 5.49. The number of hydrogen-bond donors (Lipinski definition) is 4. The van der Waals surface area contributed by atoms with E-state index >= 15 is 0 Å². The zero-order valence-electron chi connectivity index (χ0n) is 18.0. The number of aliphatic hydroxyl groups is 2. The van der Waals surface area contributed by atoms with Crippen LogP contribution < -0.4 is 5.32 Å².